The average Bonchev–Trinajstić information content (AvgIpc) is 3.01. The van der Waals surface area contributed by atoms with Crippen LogP contribution in [0.25, 0.3) is 0 Å². The van der Waals surface area contributed by atoms with Gasteiger partial charge in [0.15, 0.2) is 0 Å². The lowest BCUT2D eigenvalue weighted by Crippen LogP contribution is -2.50. The molecular formula is C21H31N3O4. The molecule has 2 aliphatic rings. The van der Waals surface area contributed by atoms with Crippen molar-refractivity contribution in [3.05, 3.63) is 29.8 Å². The normalized spacial score (nSPS) is 23.6. The Balaban J connectivity index is 1.63. The second kappa shape index (κ2) is 8.49. The molecule has 1 amide bonds. The molecule has 7 heteroatoms. The predicted octanol–water partition coefficient (Wildman–Crippen LogP) is 2.67. The second-order valence-corrected chi connectivity index (χ2v) is 8.53. The molecule has 1 aromatic rings. The molecule has 7 nitrogen and oxygen atoms in total. The zero-order chi connectivity index (χ0) is 20.3. The Morgan fingerprint density at radius 1 is 1.25 bits per heavy atom. The van der Waals surface area contributed by atoms with Gasteiger partial charge in [0.2, 0.25) is 0 Å². The van der Waals surface area contributed by atoms with Crippen LogP contribution in [-0.4, -0.2) is 54.3 Å². The number of hydrogen-bond donors (Lipinski definition) is 1. The van der Waals surface area contributed by atoms with Gasteiger partial charge in [0.1, 0.15) is 17.7 Å². The van der Waals surface area contributed by atoms with Crippen molar-refractivity contribution in [2.75, 3.05) is 24.5 Å². The number of anilines is 1. The van der Waals surface area contributed by atoms with Gasteiger partial charge in [-0.3, -0.25) is 14.6 Å². The summed E-state index contributed by atoms with van der Waals surface area (Å²) >= 11 is 0. The Morgan fingerprint density at radius 2 is 1.96 bits per heavy atom. The summed E-state index contributed by atoms with van der Waals surface area (Å²) in [7, 11) is 0. The minimum absolute atomic E-state index is 0.189. The predicted molar refractivity (Wildman–Crippen MR) is 107 cm³/mol. The van der Waals surface area contributed by atoms with E-state index in [1.165, 1.54) is 0 Å². The fourth-order valence-corrected chi connectivity index (χ4v) is 3.75. The highest BCUT2D eigenvalue weighted by atomic mass is 16.6. The number of esters is 1. The molecule has 2 atom stereocenters. The number of ether oxygens (including phenoxy) is 2. The van der Waals surface area contributed by atoms with Crippen LogP contribution in [0, 0.1) is 0 Å². The molecule has 2 unspecified atom stereocenters. The first-order valence-electron chi connectivity index (χ1n) is 10.0. The number of benzene rings is 1. The van der Waals surface area contributed by atoms with Gasteiger partial charge in [0, 0.05) is 18.8 Å². The number of cyclic esters (lactones) is 1. The highest BCUT2D eigenvalue weighted by Gasteiger charge is 2.38. The topological polar surface area (TPSA) is 85.1 Å². The van der Waals surface area contributed by atoms with Crippen molar-refractivity contribution in [1.29, 1.82) is 0 Å². The number of rotatable bonds is 5. The molecular weight excluding hydrogens is 358 g/mol. The molecule has 2 saturated heterocycles. The maximum atomic E-state index is 12.6. The third kappa shape index (κ3) is 5.02. The van der Waals surface area contributed by atoms with Gasteiger partial charge < -0.3 is 15.2 Å². The first kappa shape index (κ1) is 20.6. The van der Waals surface area contributed by atoms with Crippen LogP contribution in [0.3, 0.4) is 0 Å². The molecule has 2 aliphatic heterocycles. The van der Waals surface area contributed by atoms with E-state index in [1.54, 1.807) is 4.90 Å². The molecule has 2 N–H and O–H groups in total. The summed E-state index contributed by atoms with van der Waals surface area (Å²) in [6.07, 6.45) is 2.19. The fourth-order valence-electron chi connectivity index (χ4n) is 3.75. The Labute approximate surface area is 166 Å². The minimum Gasteiger partial charge on any atom is -0.459 e. The van der Waals surface area contributed by atoms with Gasteiger partial charge in [0.25, 0.3) is 0 Å². The van der Waals surface area contributed by atoms with Crippen molar-refractivity contribution in [1.82, 2.24) is 4.90 Å². The lowest BCUT2D eigenvalue weighted by molar-refractivity contribution is -0.163. The second-order valence-electron chi connectivity index (χ2n) is 8.53. The molecule has 0 radical (unpaired) electrons. The van der Waals surface area contributed by atoms with Crippen LogP contribution in [0.1, 0.15) is 45.6 Å². The van der Waals surface area contributed by atoms with Crippen LogP contribution in [0.4, 0.5) is 10.5 Å². The van der Waals surface area contributed by atoms with Gasteiger partial charge in [-0.1, -0.05) is 18.6 Å². The highest BCUT2D eigenvalue weighted by Crippen LogP contribution is 2.25. The first-order valence-corrected chi connectivity index (χ1v) is 10.0. The first-order chi connectivity index (χ1) is 13.3. The van der Waals surface area contributed by atoms with E-state index in [0.29, 0.717) is 19.6 Å². The van der Waals surface area contributed by atoms with E-state index in [1.807, 2.05) is 45.0 Å². The summed E-state index contributed by atoms with van der Waals surface area (Å²) < 4.78 is 11.2. The van der Waals surface area contributed by atoms with Crippen LogP contribution < -0.4 is 10.6 Å². The molecule has 154 valence electrons. The summed E-state index contributed by atoms with van der Waals surface area (Å²) in [4.78, 5) is 28.7. The number of hydrogen-bond acceptors (Lipinski definition) is 6. The summed E-state index contributed by atoms with van der Waals surface area (Å²) in [5, 5.41) is 0. The van der Waals surface area contributed by atoms with Crippen LogP contribution in [-0.2, 0) is 20.8 Å². The molecule has 0 aliphatic carbocycles. The Kier molecular flexibility index (Phi) is 6.25. The Bertz CT molecular complexity index is 699. The van der Waals surface area contributed by atoms with Crippen LogP contribution >= 0.6 is 0 Å². The molecule has 0 saturated carbocycles. The summed E-state index contributed by atoms with van der Waals surface area (Å²) in [5.74, 6) is -0.189. The molecule has 0 aromatic heterocycles. The van der Waals surface area contributed by atoms with Gasteiger partial charge in [-0.2, -0.15) is 0 Å². The lowest BCUT2D eigenvalue weighted by atomic mass is 10.0. The van der Waals surface area contributed by atoms with E-state index >= 15 is 0 Å². The summed E-state index contributed by atoms with van der Waals surface area (Å²) in [5.41, 5.74) is 6.94. The minimum atomic E-state index is -0.507. The molecule has 2 fully saturated rings. The molecule has 3 rings (SSSR count). The molecule has 1 aromatic carbocycles. The van der Waals surface area contributed by atoms with E-state index in [9.17, 15) is 9.59 Å². The van der Waals surface area contributed by atoms with E-state index in [4.69, 9.17) is 15.2 Å². The zero-order valence-electron chi connectivity index (χ0n) is 17.0. The Hall–Kier alpha value is -2.12. The SMILES string of the molecule is CC(C)(C)OC(=O)C1CCCCN1CC1CN(c2ccc(CN)cc2)C(=O)O1. The van der Waals surface area contributed by atoms with E-state index < -0.39 is 5.60 Å². The molecule has 0 spiro atoms. The Morgan fingerprint density at radius 3 is 2.61 bits per heavy atom. The third-order valence-corrected chi connectivity index (χ3v) is 5.09. The van der Waals surface area contributed by atoms with E-state index in [-0.39, 0.29) is 24.2 Å². The number of carbonyl (C=O) groups is 2. The van der Waals surface area contributed by atoms with Crippen molar-refractivity contribution in [2.45, 2.75) is 64.3 Å². The van der Waals surface area contributed by atoms with Crippen LogP contribution in [0.2, 0.25) is 0 Å². The van der Waals surface area contributed by atoms with Gasteiger partial charge in [-0.15, -0.1) is 0 Å². The monoisotopic (exact) mass is 389 g/mol. The number of carbonyl (C=O) groups excluding carboxylic acids is 2. The number of nitrogens with zero attached hydrogens (tertiary/aromatic N) is 2. The molecule has 2 heterocycles. The number of nitrogens with two attached hydrogens (primary N) is 1. The standard InChI is InChI=1S/C21H31N3O4/c1-21(2,3)28-19(25)18-6-4-5-11-23(18)13-17-14-24(20(26)27-17)16-9-7-15(12-22)8-10-16/h7-10,17-18H,4-6,11-14,22H2,1-3H3. The van der Waals surface area contributed by atoms with Gasteiger partial charge in [-0.05, 0) is 57.9 Å². The number of likely N-dealkylation sites (tertiary alicyclic amines) is 1. The fraction of sp³-hybridized carbons (Fsp3) is 0.619. The van der Waals surface area contributed by atoms with Gasteiger partial charge in [0.05, 0.1) is 6.54 Å². The van der Waals surface area contributed by atoms with E-state index in [2.05, 4.69) is 4.90 Å². The summed E-state index contributed by atoms with van der Waals surface area (Å²) in [6.45, 7) is 7.92. The third-order valence-electron chi connectivity index (χ3n) is 5.09. The molecule has 0 bridgehead atoms. The van der Waals surface area contributed by atoms with Crippen molar-refractivity contribution in [3.8, 4) is 0 Å². The van der Waals surface area contributed by atoms with Crippen molar-refractivity contribution >= 4 is 17.7 Å². The lowest BCUT2D eigenvalue weighted by Gasteiger charge is -2.36. The zero-order valence-corrected chi connectivity index (χ0v) is 17.0. The van der Waals surface area contributed by atoms with Gasteiger partial charge in [-0.25, -0.2) is 4.79 Å². The van der Waals surface area contributed by atoms with E-state index in [0.717, 1.165) is 37.1 Å². The van der Waals surface area contributed by atoms with Crippen LogP contribution in [0.5, 0.6) is 0 Å². The largest absolute Gasteiger partial charge is 0.459 e. The quantitative estimate of drug-likeness (QED) is 0.780. The maximum Gasteiger partial charge on any atom is 0.414 e. The molecule has 28 heavy (non-hydrogen) atoms. The van der Waals surface area contributed by atoms with Crippen LogP contribution in [0.15, 0.2) is 24.3 Å². The van der Waals surface area contributed by atoms with Crippen molar-refractivity contribution in [2.24, 2.45) is 5.73 Å². The smallest absolute Gasteiger partial charge is 0.414 e. The van der Waals surface area contributed by atoms with Crippen molar-refractivity contribution in [3.63, 3.8) is 0 Å². The van der Waals surface area contributed by atoms with Crippen molar-refractivity contribution < 1.29 is 19.1 Å². The maximum absolute atomic E-state index is 12.6. The van der Waals surface area contributed by atoms with Gasteiger partial charge >= 0.3 is 12.1 Å². The summed E-state index contributed by atoms with van der Waals surface area (Å²) in [6, 6.07) is 7.33. The average molecular weight is 389 g/mol. The number of amides is 1. The number of piperidine rings is 1. The highest BCUT2D eigenvalue weighted by molar-refractivity contribution is 5.89.